The molecule has 0 radical (unpaired) electrons. The van der Waals surface area contributed by atoms with Gasteiger partial charge < -0.3 is 4.90 Å². The fraction of sp³-hybridized carbons (Fsp3) is 0.500. The summed E-state index contributed by atoms with van der Waals surface area (Å²) in [5.41, 5.74) is 0. The third-order valence-corrected chi connectivity index (χ3v) is 1.84. The molecule has 0 N–H and O–H groups in total. The molecule has 0 saturated carbocycles. The average Bonchev–Trinajstić information content (AvgIpc) is 2.04. The van der Waals surface area contributed by atoms with Crippen molar-refractivity contribution in [1.82, 2.24) is 4.90 Å². The van der Waals surface area contributed by atoms with Crippen LogP contribution in [0.1, 0.15) is 12.8 Å². The first kappa shape index (κ1) is 8.90. The van der Waals surface area contributed by atoms with Crippen LogP contribution in [-0.2, 0) is 9.59 Å². The lowest BCUT2D eigenvalue weighted by molar-refractivity contribution is -0.132. The molecule has 0 unspecified atom stereocenters. The van der Waals surface area contributed by atoms with Crippen molar-refractivity contribution in [2.24, 2.45) is 0 Å². The summed E-state index contributed by atoms with van der Waals surface area (Å²) in [6.45, 7) is 3.55. The van der Waals surface area contributed by atoms with Crippen LogP contribution in [0, 0.1) is 0 Å². The smallest absolute Gasteiger partial charge is 0.281 e. The van der Waals surface area contributed by atoms with E-state index in [1.54, 1.807) is 0 Å². The zero-order valence-corrected chi connectivity index (χ0v) is 6.68. The summed E-state index contributed by atoms with van der Waals surface area (Å²) in [5, 5.41) is 0. The lowest BCUT2D eigenvalue weighted by Crippen LogP contribution is -2.38. The highest BCUT2D eigenvalue weighted by atomic mass is 19.1. The van der Waals surface area contributed by atoms with Gasteiger partial charge in [-0.1, -0.05) is 6.58 Å². The Bertz CT molecular complexity index is 227. The maximum atomic E-state index is 12.3. The highest BCUT2D eigenvalue weighted by Gasteiger charge is 2.22. The summed E-state index contributed by atoms with van der Waals surface area (Å²) in [5.74, 6) is -1.52. The third kappa shape index (κ3) is 1.90. The van der Waals surface area contributed by atoms with E-state index in [0.29, 0.717) is 25.9 Å². The highest BCUT2D eigenvalue weighted by Crippen LogP contribution is 2.09. The Morgan fingerprint density at radius 2 is 1.92 bits per heavy atom. The van der Waals surface area contributed by atoms with Crippen molar-refractivity contribution in [2.75, 3.05) is 13.1 Å². The number of piperidine rings is 1. The second-order valence-electron chi connectivity index (χ2n) is 2.74. The zero-order valence-electron chi connectivity index (χ0n) is 6.68. The Morgan fingerprint density at radius 1 is 1.42 bits per heavy atom. The lowest BCUT2D eigenvalue weighted by Gasteiger charge is -2.24. The molecular formula is C8H10FNO2. The molecule has 1 rings (SSSR count). The molecule has 0 aromatic carbocycles. The van der Waals surface area contributed by atoms with Gasteiger partial charge >= 0.3 is 0 Å². The summed E-state index contributed by atoms with van der Waals surface area (Å²) in [6, 6.07) is 0. The summed E-state index contributed by atoms with van der Waals surface area (Å²) < 4.78 is 12.3. The van der Waals surface area contributed by atoms with Gasteiger partial charge in [0.15, 0.2) is 5.83 Å². The largest absolute Gasteiger partial charge is 0.336 e. The van der Waals surface area contributed by atoms with Crippen LogP contribution < -0.4 is 0 Å². The number of halogens is 1. The number of rotatable bonds is 1. The van der Waals surface area contributed by atoms with Gasteiger partial charge in [0, 0.05) is 25.9 Å². The molecule has 3 nitrogen and oxygen atoms in total. The molecule has 1 aliphatic heterocycles. The minimum absolute atomic E-state index is 0.128. The number of carbonyl (C=O) groups excluding carboxylic acids is 2. The first-order valence-electron chi connectivity index (χ1n) is 3.76. The van der Waals surface area contributed by atoms with Crippen molar-refractivity contribution in [1.29, 1.82) is 0 Å². The van der Waals surface area contributed by atoms with Crippen molar-refractivity contribution in [3.63, 3.8) is 0 Å². The van der Waals surface area contributed by atoms with Crippen LogP contribution in [0.25, 0.3) is 0 Å². The van der Waals surface area contributed by atoms with Crippen molar-refractivity contribution in [2.45, 2.75) is 12.8 Å². The van der Waals surface area contributed by atoms with E-state index >= 15 is 0 Å². The molecule has 0 atom stereocenters. The minimum atomic E-state index is -0.954. The SMILES string of the molecule is C=C(F)C(=O)N1CCC(=O)CC1. The molecule has 1 heterocycles. The Kier molecular flexibility index (Phi) is 2.58. The fourth-order valence-electron chi connectivity index (χ4n) is 1.13. The van der Waals surface area contributed by atoms with E-state index in [1.165, 1.54) is 4.90 Å². The summed E-state index contributed by atoms with van der Waals surface area (Å²) >= 11 is 0. The second-order valence-corrected chi connectivity index (χ2v) is 2.74. The first-order valence-corrected chi connectivity index (χ1v) is 3.76. The fourth-order valence-corrected chi connectivity index (χ4v) is 1.13. The Balaban J connectivity index is 2.50. The molecule has 1 saturated heterocycles. The van der Waals surface area contributed by atoms with E-state index in [2.05, 4.69) is 6.58 Å². The Morgan fingerprint density at radius 3 is 2.33 bits per heavy atom. The summed E-state index contributed by atoms with van der Waals surface area (Å²) in [7, 11) is 0. The molecule has 0 aromatic rings. The molecule has 0 spiro atoms. The van der Waals surface area contributed by atoms with Gasteiger partial charge in [0.2, 0.25) is 0 Å². The third-order valence-electron chi connectivity index (χ3n) is 1.84. The molecule has 4 heteroatoms. The summed E-state index contributed by atoms with van der Waals surface area (Å²) in [4.78, 5) is 23.0. The van der Waals surface area contributed by atoms with Crippen LogP contribution >= 0.6 is 0 Å². The predicted octanol–water partition coefficient (Wildman–Crippen LogP) is 0.661. The van der Waals surface area contributed by atoms with Gasteiger partial charge in [0.05, 0.1) is 0 Å². The van der Waals surface area contributed by atoms with Crippen molar-refractivity contribution in [3.05, 3.63) is 12.4 Å². The number of Topliss-reactive ketones (excluding diaryl/α,β-unsaturated/α-hetero) is 1. The standard InChI is InChI=1S/C8H10FNO2/c1-6(9)8(12)10-4-2-7(11)3-5-10/h1-5H2. The Hall–Kier alpha value is -1.19. The molecule has 12 heavy (non-hydrogen) atoms. The number of amides is 1. The van der Waals surface area contributed by atoms with Crippen molar-refractivity contribution in [3.8, 4) is 0 Å². The van der Waals surface area contributed by atoms with Crippen LogP contribution in [0.2, 0.25) is 0 Å². The number of likely N-dealkylation sites (tertiary alicyclic amines) is 1. The molecule has 0 aromatic heterocycles. The van der Waals surface area contributed by atoms with Crippen LogP contribution in [0.15, 0.2) is 12.4 Å². The Labute approximate surface area is 69.8 Å². The molecule has 1 aliphatic rings. The highest BCUT2D eigenvalue weighted by molar-refractivity contribution is 5.92. The summed E-state index contributed by atoms with van der Waals surface area (Å²) in [6.07, 6.45) is 0.665. The van der Waals surface area contributed by atoms with E-state index in [-0.39, 0.29) is 5.78 Å². The predicted molar refractivity (Wildman–Crippen MR) is 41.1 cm³/mol. The molecule has 0 bridgehead atoms. The van der Waals surface area contributed by atoms with Gasteiger partial charge in [0.25, 0.3) is 5.91 Å². The van der Waals surface area contributed by atoms with Crippen LogP contribution in [0.5, 0.6) is 0 Å². The molecular weight excluding hydrogens is 161 g/mol. The maximum Gasteiger partial charge on any atom is 0.281 e. The van der Waals surface area contributed by atoms with Gasteiger partial charge in [-0.25, -0.2) is 4.39 Å². The van der Waals surface area contributed by atoms with Gasteiger partial charge in [0.1, 0.15) is 5.78 Å². The zero-order chi connectivity index (χ0) is 9.14. The van der Waals surface area contributed by atoms with E-state index in [1.807, 2.05) is 0 Å². The van der Waals surface area contributed by atoms with Crippen LogP contribution in [0.4, 0.5) is 4.39 Å². The van der Waals surface area contributed by atoms with Gasteiger partial charge in [-0.3, -0.25) is 9.59 Å². The van der Waals surface area contributed by atoms with Crippen molar-refractivity contribution >= 4 is 11.7 Å². The second kappa shape index (κ2) is 3.47. The number of hydrogen-bond acceptors (Lipinski definition) is 2. The van der Waals surface area contributed by atoms with Gasteiger partial charge in [-0.05, 0) is 0 Å². The monoisotopic (exact) mass is 171 g/mol. The molecule has 0 aliphatic carbocycles. The quantitative estimate of drug-likeness (QED) is 0.543. The molecule has 1 amide bonds. The first-order chi connectivity index (χ1) is 5.61. The minimum Gasteiger partial charge on any atom is -0.336 e. The maximum absolute atomic E-state index is 12.3. The number of hydrogen-bond donors (Lipinski definition) is 0. The number of ketones is 1. The lowest BCUT2D eigenvalue weighted by atomic mass is 10.1. The van der Waals surface area contributed by atoms with Crippen molar-refractivity contribution < 1.29 is 14.0 Å². The van der Waals surface area contributed by atoms with E-state index < -0.39 is 11.7 Å². The molecule has 66 valence electrons. The van der Waals surface area contributed by atoms with Gasteiger partial charge in [-0.2, -0.15) is 0 Å². The van der Waals surface area contributed by atoms with Gasteiger partial charge in [-0.15, -0.1) is 0 Å². The van der Waals surface area contributed by atoms with Crippen LogP contribution in [-0.4, -0.2) is 29.7 Å². The number of nitrogens with zero attached hydrogens (tertiary/aromatic N) is 1. The van der Waals surface area contributed by atoms with Crippen LogP contribution in [0.3, 0.4) is 0 Å². The molecule has 1 fully saturated rings. The van der Waals surface area contributed by atoms with E-state index in [0.717, 1.165) is 0 Å². The van der Waals surface area contributed by atoms with E-state index in [9.17, 15) is 14.0 Å². The number of carbonyl (C=O) groups is 2. The van der Waals surface area contributed by atoms with E-state index in [4.69, 9.17) is 0 Å². The topological polar surface area (TPSA) is 37.4 Å². The average molecular weight is 171 g/mol. The normalized spacial score (nSPS) is 17.8.